The standard InChI is InChI=1S/C13H7BO3/c14-7-1-3-9-10-4-2-8(15)6-12(10)17-13(16)11(9)5-7/h1-6,15H. The normalized spacial score (nSPS) is 11.1. The van der Waals surface area contributed by atoms with Gasteiger partial charge in [0.15, 0.2) is 0 Å². The van der Waals surface area contributed by atoms with Gasteiger partial charge in [0.05, 0.1) is 5.39 Å². The van der Waals surface area contributed by atoms with E-state index in [1.807, 2.05) is 0 Å². The summed E-state index contributed by atoms with van der Waals surface area (Å²) in [5.41, 5.74) is 0.431. The Kier molecular flexibility index (Phi) is 1.98. The Bertz CT molecular complexity index is 790. The van der Waals surface area contributed by atoms with Gasteiger partial charge in [0, 0.05) is 11.5 Å². The van der Waals surface area contributed by atoms with Gasteiger partial charge in [-0.15, -0.1) is 0 Å². The Labute approximate surface area is 97.7 Å². The number of phenolic OH excluding ortho intramolecular Hbond substituents is 1. The molecule has 0 spiro atoms. The van der Waals surface area contributed by atoms with Gasteiger partial charge in [-0.1, -0.05) is 23.7 Å². The number of benzene rings is 2. The molecule has 0 bridgehead atoms. The summed E-state index contributed by atoms with van der Waals surface area (Å²) >= 11 is 0. The molecule has 1 heterocycles. The lowest BCUT2D eigenvalue weighted by molar-refractivity contribution is 0.473. The molecule has 2 radical (unpaired) electrons. The first-order chi connectivity index (χ1) is 8.15. The van der Waals surface area contributed by atoms with E-state index in [9.17, 15) is 9.90 Å². The fourth-order valence-corrected chi connectivity index (χ4v) is 1.94. The lowest BCUT2D eigenvalue weighted by atomic mass is 9.93. The maximum atomic E-state index is 11.8. The number of phenols is 1. The van der Waals surface area contributed by atoms with Gasteiger partial charge in [0.2, 0.25) is 0 Å². The average molecular weight is 222 g/mol. The lowest BCUT2D eigenvalue weighted by Gasteiger charge is -2.03. The minimum Gasteiger partial charge on any atom is -0.508 e. The zero-order valence-electron chi connectivity index (χ0n) is 8.81. The van der Waals surface area contributed by atoms with Crippen LogP contribution in [0.25, 0.3) is 21.7 Å². The van der Waals surface area contributed by atoms with Crippen LogP contribution >= 0.6 is 0 Å². The zero-order valence-corrected chi connectivity index (χ0v) is 8.81. The van der Waals surface area contributed by atoms with Gasteiger partial charge in [-0.05, 0) is 17.5 Å². The van der Waals surface area contributed by atoms with Crippen molar-refractivity contribution >= 4 is 35.1 Å². The third kappa shape index (κ3) is 1.49. The van der Waals surface area contributed by atoms with Crippen molar-refractivity contribution in [1.29, 1.82) is 0 Å². The van der Waals surface area contributed by atoms with Gasteiger partial charge >= 0.3 is 5.63 Å². The molecular formula is C13H7BO3. The molecular weight excluding hydrogens is 215 g/mol. The molecule has 1 aromatic heterocycles. The maximum absolute atomic E-state index is 11.8. The second-order valence-electron chi connectivity index (χ2n) is 3.88. The van der Waals surface area contributed by atoms with Crippen LogP contribution in [0.3, 0.4) is 0 Å². The molecule has 0 amide bonds. The summed E-state index contributed by atoms with van der Waals surface area (Å²) in [6, 6.07) is 9.79. The summed E-state index contributed by atoms with van der Waals surface area (Å²) in [6.07, 6.45) is 0. The predicted molar refractivity (Wildman–Crippen MR) is 67.0 cm³/mol. The molecule has 0 aliphatic rings. The van der Waals surface area contributed by atoms with Crippen LogP contribution in [-0.2, 0) is 0 Å². The van der Waals surface area contributed by atoms with E-state index in [0.717, 1.165) is 10.8 Å². The minimum atomic E-state index is -0.453. The van der Waals surface area contributed by atoms with E-state index in [1.54, 1.807) is 30.3 Å². The van der Waals surface area contributed by atoms with E-state index < -0.39 is 5.63 Å². The molecule has 0 saturated carbocycles. The third-order valence-electron chi connectivity index (χ3n) is 2.72. The third-order valence-corrected chi connectivity index (χ3v) is 2.72. The van der Waals surface area contributed by atoms with E-state index in [4.69, 9.17) is 12.3 Å². The first-order valence-electron chi connectivity index (χ1n) is 5.10. The van der Waals surface area contributed by atoms with Crippen molar-refractivity contribution in [2.24, 2.45) is 0 Å². The van der Waals surface area contributed by atoms with Gasteiger partial charge in [0.1, 0.15) is 19.2 Å². The molecule has 1 N–H and O–H groups in total. The van der Waals surface area contributed by atoms with Crippen LogP contribution in [0.15, 0.2) is 45.6 Å². The average Bonchev–Trinajstić information content (AvgIpc) is 2.29. The van der Waals surface area contributed by atoms with Crippen molar-refractivity contribution in [1.82, 2.24) is 0 Å². The highest BCUT2D eigenvalue weighted by Gasteiger charge is 2.07. The molecule has 0 atom stereocenters. The molecule has 0 aliphatic heterocycles. The molecule has 80 valence electrons. The van der Waals surface area contributed by atoms with Crippen LogP contribution < -0.4 is 11.1 Å². The van der Waals surface area contributed by atoms with Crippen molar-refractivity contribution in [2.45, 2.75) is 0 Å². The van der Waals surface area contributed by atoms with Crippen molar-refractivity contribution in [3.63, 3.8) is 0 Å². The highest BCUT2D eigenvalue weighted by molar-refractivity contribution is 6.33. The molecule has 3 aromatic rings. The van der Waals surface area contributed by atoms with Gasteiger partial charge in [0.25, 0.3) is 0 Å². The Morgan fingerprint density at radius 2 is 1.76 bits per heavy atom. The molecule has 3 rings (SSSR count). The Morgan fingerprint density at radius 1 is 1.00 bits per heavy atom. The fourth-order valence-electron chi connectivity index (χ4n) is 1.94. The van der Waals surface area contributed by atoms with Gasteiger partial charge < -0.3 is 9.52 Å². The van der Waals surface area contributed by atoms with Crippen LogP contribution in [0.2, 0.25) is 0 Å². The Morgan fingerprint density at radius 3 is 2.59 bits per heavy atom. The molecule has 0 fully saturated rings. The molecule has 3 nitrogen and oxygen atoms in total. The molecule has 0 saturated heterocycles. The monoisotopic (exact) mass is 222 g/mol. The van der Waals surface area contributed by atoms with E-state index in [2.05, 4.69) is 0 Å². The van der Waals surface area contributed by atoms with Crippen molar-refractivity contribution in [2.75, 3.05) is 0 Å². The van der Waals surface area contributed by atoms with Crippen LogP contribution in [-0.4, -0.2) is 13.0 Å². The SMILES string of the molecule is [B]c1ccc2c(c1)c(=O)oc1cc(O)ccc12. The highest BCUT2D eigenvalue weighted by Crippen LogP contribution is 2.24. The van der Waals surface area contributed by atoms with Crippen molar-refractivity contribution < 1.29 is 9.52 Å². The first-order valence-corrected chi connectivity index (χ1v) is 5.10. The molecule has 0 unspecified atom stereocenters. The molecule has 17 heavy (non-hydrogen) atoms. The largest absolute Gasteiger partial charge is 0.508 e. The first kappa shape index (κ1) is 9.96. The van der Waals surface area contributed by atoms with Crippen LogP contribution in [0.5, 0.6) is 5.75 Å². The second kappa shape index (κ2) is 3.38. The summed E-state index contributed by atoms with van der Waals surface area (Å²) in [5, 5.41) is 11.3. The quantitative estimate of drug-likeness (QED) is 0.355. The summed E-state index contributed by atoms with van der Waals surface area (Å²) in [4.78, 5) is 11.8. The van der Waals surface area contributed by atoms with E-state index in [-0.39, 0.29) is 5.75 Å². The van der Waals surface area contributed by atoms with Gasteiger partial charge in [-0.25, -0.2) is 4.79 Å². The van der Waals surface area contributed by atoms with E-state index in [1.165, 1.54) is 6.07 Å². The number of aromatic hydroxyl groups is 1. The number of fused-ring (bicyclic) bond motifs is 3. The Hall–Kier alpha value is -2.23. The number of hydrogen-bond acceptors (Lipinski definition) is 3. The van der Waals surface area contributed by atoms with Crippen LogP contribution in [0.4, 0.5) is 0 Å². The molecule has 4 heteroatoms. The van der Waals surface area contributed by atoms with E-state index >= 15 is 0 Å². The maximum Gasteiger partial charge on any atom is 0.344 e. The summed E-state index contributed by atoms with van der Waals surface area (Å²) < 4.78 is 5.14. The summed E-state index contributed by atoms with van der Waals surface area (Å²) in [5.74, 6) is 0.0652. The van der Waals surface area contributed by atoms with Crippen LogP contribution in [0, 0.1) is 0 Å². The van der Waals surface area contributed by atoms with E-state index in [0.29, 0.717) is 16.4 Å². The minimum absolute atomic E-state index is 0.0652. The topological polar surface area (TPSA) is 50.4 Å². The number of rotatable bonds is 0. The fraction of sp³-hybridized carbons (Fsp3) is 0. The predicted octanol–water partition coefficient (Wildman–Crippen LogP) is 1.45. The molecule has 0 aliphatic carbocycles. The Balaban J connectivity index is 2.60. The van der Waals surface area contributed by atoms with Crippen LogP contribution in [0.1, 0.15) is 0 Å². The summed E-state index contributed by atoms with van der Waals surface area (Å²) in [7, 11) is 5.64. The summed E-state index contributed by atoms with van der Waals surface area (Å²) in [6.45, 7) is 0. The zero-order chi connectivity index (χ0) is 12.0. The smallest absolute Gasteiger partial charge is 0.344 e. The van der Waals surface area contributed by atoms with Gasteiger partial charge in [-0.3, -0.25) is 0 Å². The van der Waals surface area contributed by atoms with Gasteiger partial charge in [-0.2, -0.15) is 0 Å². The molecule has 2 aromatic carbocycles. The lowest BCUT2D eigenvalue weighted by Crippen LogP contribution is -2.06. The van der Waals surface area contributed by atoms with Crippen molar-refractivity contribution in [3.05, 3.63) is 46.8 Å². The van der Waals surface area contributed by atoms with Crippen molar-refractivity contribution in [3.8, 4) is 5.75 Å². The number of hydrogen-bond donors (Lipinski definition) is 1. The highest BCUT2D eigenvalue weighted by atomic mass is 16.4. The second-order valence-corrected chi connectivity index (χ2v) is 3.88.